The fourth-order valence-corrected chi connectivity index (χ4v) is 3.96. The molecule has 1 aromatic rings. The third kappa shape index (κ3) is 2.30. The number of carbonyl (C=O) groups excluding carboxylic acids is 1. The van der Waals surface area contributed by atoms with Crippen LogP contribution in [0.15, 0.2) is 34.1 Å². The summed E-state index contributed by atoms with van der Waals surface area (Å²) in [5.74, 6) is -0.163. The zero-order valence-electron chi connectivity index (χ0n) is 12.4. The highest BCUT2D eigenvalue weighted by atomic mass is 32.1. The molecule has 3 rings (SSSR count). The first-order chi connectivity index (χ1) is 9.93. The van der Waals surface area contributed by atoms with E-state index in [-0.39, 0.29) is 17.1 Å². The molecule has 2 aliphatic rings. The summed E-state index contributed by atoms with van der Waals surface area (Å²) in [5, 5.41) is 15.5. The lowest BCUT2D eigenvalue weighted by molar-refractivity contribution is -0.118. The van der Waals surface area contributed by atoms with E-state index in [0.29, 0.717) is 12.0 Å². The number of nitrogens with one attached hydrogen (secondary N) is 1. The van der Waals surface area contributed by atoms with E-state index >= 15 is 0 Å². The van der Waals surface area contributed by atoms with Gasteiger partial charge >= 0.3 is 0 Å². The topological polar surface area (TPSA) is 65.8 Å². The van der Waals surface area contributed by atoms with Gasteiger partial charge in [-0.1, -0.05) is 13.8 Å². The molecule has 1 aliphatic carbocycles. The predicted molar refractivity (Wildman–Crippen MR) is 81.4 cm³/mol. The SMILES string of the molecule is CC1=C(C#N)C(c2nccs2)C2=C(CC(C)(C)CC2=O)N1. The lowest BCUT2D eigenvalue weighted by Gasteiger charge is -2.38. The normalized spacial score (nSPS) is 24.5. The van der Waals surface area contributed by atoms with Crippen LogP contribution in [0.5, 0.6) is 0 Å². The summed E-state index contributed by atoms with van der Waals surface area (Å²) in [6.45, 7) is 6.11. The highest BCUT2D eigenvalue weighted by Crippen LogP contribution is 2.46. The van der Waals surface area contributed by atoms with Crippen LogP contribution in [-0.4, -0.2) is 10.8 Å². The van der Waals surface area contributed by atoms with Gasteiger partial charge in [0, 0.05) is 35.0 Å². The third-order valence-electron chi connectivity index (χ3n) is 4.06. The lowest BCUT2D eigenvalue weighted by Crippen LogP contribution is -2.36. The molecule has 1 atom stereocenters. The first-order valence-electron chi connectivity index (χ1n) is 6.96. The van der Waals surface area contributed by atoms with E-state index in [4.69, 9.17) is 0 Å². The number of nitriles is 1. The Balaban J connectivity index is 2.17. The Bertz CT molecular complexity index is 704. The van der Waals surface area contributed by atoms with Crippen molar-refractivity contribution in [3.8, 4) is 6.07 Å². The van der Waals surface area contributed by atoms with Crippen molar-refractivity contribution in [1.82, 2.24) is 10.3 Å². The number of Topliss-reactive ketones (excluding diaryl/α,β-unsaturated/α-hetero) is 1. The molecular weight excluding hydrogens is 282 g/mol. The summed E-state index contributed by atoms with van der Waals surface area (Å²) in [6, 6.07) is 2.26. The fraction of sp³-hybridized carbons (Fsp3) is 0.438. The van der Waals surface area contributed by atoms with Crippen molar-refractivity contribution in [2.45, 2.75) is 39.5 Å². The Morgan fingerprint density at radius 3 is 2.86 bits per heavy atom. The zero-order valence-corrected chi connectivity index (χ0v) is 13.2. The van der Waals surface area contributed by atoms with E-state index in [9.17, 15) is 10.1 Å². The van der Waals surface area contributed by atoms with Gasteiger partial charge in [-0.15, -0.1) is 11.3 Å². The molecule has 0 saturated heterocycles. The van der Waals surface area contributed by atoms with Crippen molar-refractivity contribution >= 4 is 17.1 Å². The Morgan fingerprint density at radius 1 is 1.48 bits per heavy atom. The van der Waals surface area contributed by atoms with Crippen molar-refractivity contribution in [2.24, 2.45) is 5.41 Å². The molecule has 0 aromatic carbocycles. The van der Waals surface area contributed by atoms with Crippen molar-refractivity contribution in [3.05, 3.63) is 39.1 Å². The van der Waals surface area contributed by atoms with Crippen LogP contribution < -0.4 is 5.32 Å². The molecule has 0 bridgehead atoms. The van der Waals surface area contributed by atoms with Gasteiger partial charge in [-0.05, 0) is 18.8 Å². The van der Waals surface area contributed by atoms with Crippen LogP contribution in [0.4, 0.5) is 0 Å². The summed E-state index contributed by atoms with van der Waals surface area (Å²) in [4.78, 5) is 17.0. The maximum atomic E-state index is 12.7. The number of ketones is 1. The Hall–Kier alpha value is -1.93. The number of thiazole rings is 1. The minimum atomic E-state index is -0.296. The van der Waals surface area contributed by atoms with Crippen LogP contribution in [0.1, 0.15) is 44.5 Å². The maximum absolute atomic E-state index is 12.7. The molecule has 0 saturated carbocycles. The molecule has 4 nitrogen and oxygen atoms in total. The van der Waals surface area contributed by atoms with Crippen molar-refractivity contribution in [1.29, 1.82) is 5.26 Å². The highest BCUT2D eigenvalue weighted by molar-refractivity contribution is 7.09. The second-order valence-electron chi connectivity index (χ2n) is 6.41. The second kappa shape index (κ2) is 4.81. The monoisotopic (exact) mass is 299 g/mol. The number of dihydropyridines is 1. The van der Waals surface area contributed by atoms with E-state index in [1.54, 1.807) is 6.20 Å². The number of hydrogen-bond acceptors (Lipinski definition) is 5. The molecule has 0 radical (unpaired) electrons. The number of nitrogens with zero attached hydrogens (tertiary/aromatic N) is 2. The molecule has 1 unspecified atom stereocenters. The second-order valence-corrected chi connectivity index (χ2v) is 7.34. The van der Waals surface area contributed by atoms with E-state index in [1.165, 1.54) is 11.3 Å². The molecule has 21 heavy (non-hydrogen) atoms. The van der Waals surface area contributed by atoms with E-state index in [1.807, 2.05) is 12.3 Å². The van der Waals surface area contributed by atoms with Gasteiger partial charge in [0.25, 0.3) is 0 Å². The van der Waals surface area contributed by atoms with E-state index < -0.39 is 0 Å². The average molecular weight is 299 g/mol. The molecule has 1 aromatic heterocycles. The first-order valence-corrected chi connectivity index (χ1v) is 7.84. The van der Waals surface area contributed by atoms with Crippen LogP contribution in [-0.2, 0) is 4.79 Å². The largest absolute Gasteiger partial charge is 0.361 e. The molecule has 0 amide bonds. The van der Waals surface area contributed by atoms with Crippen molar-refractivity contribution in [3.63, 3.8) is 0 Å². The summed E-state index contributed by atoms with van der Waals surface area (Å²) in [7, 11) is 0. The molecule has 2 heterocycles. The molecular formula is C16H17N3OS. The highest BCUT2D eigenvalue weighted by Gasteiger charge is 2.41. The summed E-state index contributed by atoms with van der Waals surface area (Å²) < 4.78 is 0. The molecule has 1 N–H and O–H groups in total. The van der Waals surface area contributed by atoms with Gasteiger partial charge in [0.15, 0.2) is 5.78 Å². The van der Waals surface area contributed by atoms with Gasteiger partial charge in [0.2, 0.25) is 0 Å². The van der Waals surface area contributed by atoms with E-state index in [0.717, 1.165) is 28.4 Å². The Kier molecular flexibility index (Phi) is 3.22. The Morgan fingerprint density at radius 2 is 2.24 bits per heavy atom. The quantitative estimate of drug-likeness (QED) is 0.864. The zero-order chi connectivity index (χ0) is 15.2. The number of hydrogen-bond donors (Lipinski definition) is 1. The number of rotatable bonds is 1. The average Bonchev–Trinajstić information content (AvgIpc) is 2.88. The fourth-order valence-electron chi connectivity index (χ4n) is 3.21. The summed E-state index contributed by atoms with van der Waals surface area (Å²) in [6.07, 6.45) is 3.07. The van der Waals surface area contributed by atoms with Crippen LogP contribution in [0.3, 0.4) is 0 Å². The molecule has 0 spiro atoms. The molecule has 0 fully saturated rings. The summed E-state index contributed by atoms with van der Waals surface area (Å²) in [5.41, 5.74) is 3.11. The van der Waals surface area contributed by atoms with Gasteiger partial charge in [0.1, 0.15) is 5.01 Å². The van der Waals surface area contributed by atoms with Gasteiger partial charge in [-0.25, -0.2) is 4.98 Å². The van der Waals surface area contributed by atoms with Gasteiger partial charge in [-0.3, -0.25) is 4.79 Å². The summed E-state index contributed by atoms with van der Waals surface area (Å²) >= 11 is 1.50. The number of aromatic nitrogens is 1. The smallest absolute Gasteiger partial charge is 0.162 e. The van der Waals surface area contributed by atoms with Crippen molar-refractivity contribution in [2.75, 3.05) is 0 Å². The molecule has 1 aliphatic heterocycles. The number of allylic oxidation sites excluding steroid dienone is 4. The minimum absolute atomic E-state index is 0.0409. The first kappa shape index (κ1) is 14.0. The molecule has 5 heteroatoms. The van der Waals surface area contributed by atoms with Crippen LogP contribution in [0, 0.1) is 16.7 Å². The van der Waals surface area contributed by atoms with Gasteiger partial charge < -0.3 is 5.32 Å². The lowest BCUT2D eigenvalue weighted by atomic mass is 9.70. The standard InChI is InChI=1S/C16H17N3OS/c1-9-10(8-17)13(15-18-4-5-21-15)14-11(19-9)6-16(2,3)7-12(14)20/h4-5,13,19H,6-7H2,1-3H3. The maximum Gasteiger partial charge on any atom is 0.162 e. The van der Waals surface area contributed by atoms with Gasteiger partial charge in [-0.2, -0.15) is 5.26 Å². The minimum Gasteiger partial charge on any atom is -0.361 e. The number of carbonyl (C=O) groups is 1. The van der Waals surface area contributed by atoms with Gasteiger partial charge in [0.05, 0.1) is 17.6 Å². The van der Waals surface area contributed by atoms with Crippen molar-refractivity contribution < 1.29 is 4.79 Å². The predicted octanol–water partition coefficient (Wildman–Crippen LogP) is 3.27. The Labute approximate surface area is 128 Å². The van der Waals surface area contributed by atoms with Crippen LogP contribution in [0.2, 0.25) is 0 Å². The third-order valence-corrected chi connectivity index (χ3v) is 4.90. The molecule has 108 valence electrons. The van der Waals surface area contributed by atoms with E-state index in [2.05, 4.69) is 30.2 Å². The van der Waals surface area contributed by atoms with Crippen LogP contribution in [0.25, 0.3) is 0 Å². The van der Waals surface area contributed by atoms with Crippen LogP contribution >= 0.6 is 11.3 Å².